The molecule has 0 spiro atoms. The van der Waals surface area contributed by atoms with E-state index >= 15 is 0 Å². The second-order valence-corrected chi connectivity index (χ2v) is 2.14. The van der Waals surface area contributed by atoms with Crippen molar-refractivity contribution in [1.82, 2.24) is 0 Å². The summed E-state index contributed by atoms with van der Waals surface area (Å²) in [6, 6.07) is 4.49. The van der Waals surface area contributed by atoms with Crippen molar-refractivity contribution in [3.8, 4) is 5.75 Å². The van der Waals surface area contributed by atoms with Gasteiger partial charge >= 0.3 is 7.32 Å². The number of hydrogen-bond acceptors (Lipinski definition) is 4. The molecule has 12 heavy (non-hydrogen) atoms. The Bertz CT molecular complexity index is 292. The zero-order valence-electron chi connectivity index (χ0n) is 7.27. The fourth-order valence-electron chi connectivity index (χ4n) is 0.768. The van der Waals surface area contributed by atoms with Crippen LogP contribution in [0.2, 0.25) is 0 Å². The molecule has 3 N–H and O–H groups in total. The molecule has 0 amide bonds. The van der Waals surface area contributed by atoms with Gasteiger partial charge < -0.3 is 19.8 Å². The zero-order chi connectivity index (χ0) is 9.84. The molecular formula is C7H9BO4. The van der Waals surface area contributed by atoms with Crippen LogP contribution in [-0.4, -0.2) is 22.5 Å². The highest BCUT2D eigenvalue weighted by Gasteiger charge is 2.10. The smallest absolute Gasteiger partial charge is 0.512 e. The first-order valence-electron chi connectivity index (χ1n) is 3.87. The molecule has 0 aliphatic rings. The maximum Gasteiger partial charge on any atom is 0.707 e. The highest BCUT2D eigenvalue weighted by Crippen LogP contribution is 2.12. The molecule has 0 aliphatic heterocycles. The normalized spacial score (nSPS) is 10.8. The lowest BCUT2D eigenvalue weighted by Crippen LogP contribution is -2.20. The second kappa shape index (κ2) is 4.11. The van der Waals surface area contributed by atoms with Crippen LogP contribution in [0.4, 0.5) is 0 Å². The van der Waals surface area contributed by atoms with Gasteiger partial charge in [0.25, 0.3) is 0 Å². The highest BCUT2D eigenvalue weighted by molar-refractivity contribution is 6.33. The van der Waals surface area contributed by atoms with E-state index in [1.807, 2.05) is 0 Å². The molecule has 5 heteroatoms. The van der Waals surface area contributed by atoms with Gasteiger partial charge in [-0.05, 0) is 17.7 Å². The monoisotopic (exact) mass is 169 g/mol. The van der Waals surface area contributed by atoms with Gasteiger partial charge in [0, 0.05) is 0 Å². The van der Waals surface area contributed by atoms with Crippen molar-refractivity contribution < 1.29 is 21.2 Å². The molecule has 0 fully saturated rings. The van der Waals surface area contributed by atoms with Crippen LogP contribution >= 0.6 is 0 Å². The first-order chi connectivity index (χ1) is 6.15. The van der Waals surface area contributed by atoms with E-state index in [0.29, 0.717) is 5.56 Å². The molecule has 0 heterocycles. The van der Waals surface area contributed by atoms with Gasteiger partial charge in [-0.1, -0.05) is 12.1 Å². The van der Waals surface area contributed by atoms with Crippen molar-refractivity contribution in [3.05, 3.63) is 29.8 Å². The third-order valence-electron chi connectivity index (χ3n) is 1.23. The maximum atomic E-state index is 8.78. The number of benzene rings is 1. The summed E-state index contributed by atoms with van der Waals surface area (Å²) >= 11 is 0. The highest BCUT2D eigenvalue weighted by atomic mass is 16.6. The summed E-state index contributed by atoms with van der Waals surface area (Å²) in [7, 11) is -1.95. The van der Waals surface area contributed by atoms with E-state index in [1.165, 1.54) is 6.07 Å². The van der Waals surface area contributed by atoms with Crippen LogP contribution in [0.25, 0.3) is 0 Å². The molecule has 1 aromatic carbocycles. The van der Waals surface area contributed by atoms with E-state index in [-0.39, 0.29) is 18.4 Å². The molecule has 0 unspecified atom stereocenters. The largest absolute Gasteiger partial charge is 0.707 e. The van der Waals surface area contributed by atoms with Crippen molar-refractivity contribution in [2.45, 2.75) is 6.61 Å². The minimum Gasteiger partial charge on any atom is -0.512 e. The Labute approximate surface area is 71.6 Å². The number of hydrogen-bond donors (Lipinski definition) is 3. The SMILES string of the molecule is [2H]c1c(CO)cccc1OB(O)O. The van der Waals surface area contributed by atoms with Crippen LogP contribution in [0, 0.1) is 0 Å². The first-order valence-corrected chi connectivity index (χ1v) is 3.37. The van der Waals surface area contributed by atoms with Gasteiger partial charge in [0.05, 0.1) is 7.98 Å². The van der Waals surface area contributed by atoms with E-state index in [9.17, 15) is 0 Å². The van der Waals surface area contributed by atoms with E-state index < -0.39 is 7.32 Å². The molecule has 0 aliphatic carbocycles. The number of aliphatic hydroxyl groups is 1. The number of rotatable bonds is 3. The summed E-state index contributed by atoms with van der Waals surface area (Å²) in [5.41, 5.74) is 0.373. The summed E-state index contributed by atoms with van der Waals surface area (Å²) in [5, 5.41) is 25.7. The molecule has 0 saturated heterocycles. The Hall–Kier alpha value is -1.04. The van der Waals surface area contributed by atoms with Gasteiger partial charge in [0.1, 0.15) is 5.75 Å². The first kappa shape index (κ1) is 7.61. The molecule has 4 nitrogen and oxygen atoms in total. The summed E-state index contributed by atoms with van der Waals surface area (Å²) in [6.07, 6.45) is 0. The molecule has 1 rings (SSSR count). The Morgan fingerprint density at radius 2 is 2.25 bits per heavy atom. The zero-order valence-corrected chi connectivity index (χ0v) is 6.27. The fraction of sp³-hybridized carbons (Fsp3) is 0.143. The van der Waals surface area contributed by atoms with Gasteiger partial charge in [0.15, 0.2) is 0 Å². The minimum absolute atomic E-state index is 0.0292. The average molecular weight is 169 g/mol. The van der Waals surface area contributed by atoms with Crippen molar-refractivity contribution in [2.75, 3.05) is 0 Å². The van der Waals surface area contributed by atoms with Crippen molar-refractivity contribution in [2.24, 2.45) is 0 Å². The second-order valence-electron chi connectivity index (χ2n) is 2.14. The van der Waals surface area contributed by atoms with Crippen LogP contribution in [0.1, 0.15) is 6.93 Å². The molecule has 1 aromatic rings. The molecular weight excluding hydrogens is 159 g/mol. The van der Waals surface area contributed by atoms with Gasteiger partial charge in [-0.25, -0.2) is 0 Å². The standard InChI is InChI=1S/C7H9BO4/c9-5-6-2-1-3-7(4-6)12-8(10)11/h1-4,9-11H,5H2/i4D. The predicted molar refractivity (Wildman–Crippen MR) is 43.2 cm³/mol. The predicted octanol–water partition coefficient (Wildman–Crippen LogP) is -0.473. The molecule has 64 valence electrons. The lowest BCUT2D eigenvalue weighted by atomic mass is 10.2. The lowest BCUT2D eigenvalue weighted by Gasteiger charge is -2.04. The Balaban J connectivity index is 2.94. The third kappa shape index (κ3) is 2.54. The van der Waals surface area contributed by atoms with E-state index in [2.05, 4.69) is 4.65 Å². The van der Waals surface area contributed by atoms with Crippen LogP contribution in [-0.2, 0) is 6.61 Å². The molecule has 0 bridgehead atoms. The van der Waals surface area contributed by atoms with E-state index in [1.54, 1.807) is 12.1 Å². The third-order valence-corrected chi connectivity index (χ3v) is 1.23. The Morgan fingerprint density at radius 3 is 2.83 bits per heavy atom. The summed E-state index contributed by atoms with van der Waals surface area (Å²) in [5.74, 6) is 0.0292. The topological polar surface area (TPSA) is 69.9 Å². The fourth-order valence-corrected chi connectivity index (χ4v) is 0.768. The van der Waals surface area contributed by atoms with Gasteiger partial charge in [-0.2, -0.15) is 0 Å². The van der Waals surface area contributed by atoms with Crippen LogP contribution in [0.5, 0.6) is 5.75 Å². The molecule has 0 atom stereocenters. The van der Waals surface area contributed by atoms with Gasteiger partial charge in [-0.15, -0.1) is 0 Å². The quantitative estimate of drug-likeness (QED) is 0.534. The van der Waals surface area contributed by atoms with Crippen molar-refractivity contribution in [3.63, 3.8) is 0 Å². The van der Waals surface area contributed by atoms with Crippen molar-refractivity contribution >= 4 is 7.32 Å². The summed E-state index contributed by atoms with van der Waals surface area (Å²) in [6.45, 7) is -0.280. The van der Waals surface area contributed by atoms with Gasteiger partial charge in [0.2, 0.25) is 0 Å². The molecule has 0 saturated carbocycles. The molecule has 0 radical (unpaired) electrons. The van der Waals surface area contributed by atoms with Crippen LogP contribution in [0.3, 0.4) is 0 Å². The maximum absolute atomic E-state index is 8.78. The van der Waals surface area contributed by atoms with E-state index in [0.717, 1.165) is 0 Å². The van der Waals surface area contributed by atoms with Crippen molar-refractivity contribution in [1.29, 1.82) is 0 Å². The average Bonchev–Trinajstić information content (AvgIpc) is 2.08. The van der Waals surface area contributed by atoms with E-state index in [4.69, 9.17) is 16.5 Å². The Kier molecular flexibility index (Phi) is 2.60. The van der Waals surface area contributed by atoms with Gasteiger partial charge in [-0.3, -0.25) is 0 Å². The van der Waals surface area contributed by atoms with Crippen LogP contribution in [0.15, 0.2) is 24.2 Å². The summed E-state index contributed by atoms with van der Waals surface area (Å²) in [4.78, 5) is 0. The lowest BCUT2D eigenvalue weighted by molar-refractivity contribution is 0.277. The van der Waals surface area contributed by atoms with Crippen LogP contribution < -0.4 is 4.65 Å². The molecule has 0 aromatic heterocycles. The number of aliphatic hydroxyl groups excluding tert-OH is 1. The summed E-state index contributed by atoms with van der Waals surface area (Å²) < 4.78 is 11.9. The Morgan fingerprint density at radius 1 is 1.50 bits per heavy atom. The minimum atomic E-state index is -1.95.